The molecule has 12 heteroatoms. The van der Waals surface area contributed by atoms with Gasteiger partial charge in [0.05, 0.1) is 7.11 Å². The van der Waals surface area contributed by atoms with E-state index in [0.717, 1.165) is 7.11 Å². The second-order valence-electron chi connectivity index (χ2n) is 3.35. The summed E-state index contributed by atoms with van der Waals surface area (Å²) in [5.74, 6) is -4.58. The summed E-state index contributed by atoms with van der Waals surface area (Å²) in [4.78, 5) is 23.1. The molecular formula is C9H5F5N2O5. The molecular weight excluding hydrogens is 311 g/mol. The van der Waals surface area contributed by atoms with Crippen molar-refractivity contribution in [2.75, 3.05) is 7.11 Å². The van der Waals surface area contributed by atoms with Crippen molar-refractivity contribution in [1.29, 1.82) is 0 Å². The molecule has 0 atom stereocenters. The Hall–Kier alpha value is -2.53. The molecule has 0 spiro atoms. The minimum atomic E-state index is -5.34. The summed E-state index contributed by atoms with van der Waals surface area (Å²) in [6, 6.07) is 0.169. The van der Waals surface area contributed by atoms with E-state index in [4.69, 9.17) is 0 Å². The Morgan fingerprint density at radius 1 is 1.43 bits per heavy atom. The van der Waals surface area contributed by atoms with E-state index in [0.29, 0.717) is 0 Å². The van der Waals surface area contributed by atoms with Crippen LogP contribution in [0.5, 0.6) is 5.88 Å². The maximum absolute atomic E-state index is 12.6. The second-order valence-corrected chi connectivity index (χ2v) is 3.35. The number of halogens is 5. The van der Waals surface area contributed by atoms with E-state index in [1.165, 1.54) is 0 Å². The first-order valence-corrected chi connectivity index (χ1v) is 4.88. The molecule has 0 aromatic carbocycles. The number of hydrogen-bond donors (Lipinski definition) is 0. The minimum absolute atomic E-state index is 0.169. The van der Waals surface area contributed by atoms with E-state index in [-0.39, 0.29) is 6.07 Å². The zero-order valence-corrected chi connectivity index (χ0v) is 9.98. The molecule has 0 fully saturated rings. The first-order chi connectivity index (χ1) is 9.56. The van der Waals surface area contributed by atoms with Crippen molar-refractivity contribution >= 4 is 11.8 Å². The van der Waals surface area contributed by atoms with Crippen LogP contribution in [0.25, 0.3) is 0 Å². The third kappa shape index (κ3) is 3.97. The van der Waals surface area contributed by atoms with E-state index in [9.17, 15) is 36.9 Å². The van der Waals surface area contributed by atoms with Gasteiger partial charge in [0.1, 0.15) is 11.1 Å². The number of alkyl halides is 5. The van der Waals surface area contributed by atoms with Gasteiger partial charge < -0.3 is 19.6 Å². The average Bonchev–Trinajstić information content (AvgIpc) is 2.35. The zero-order chi connectivity index (χ0) is 16.4. The summed E-state index contributed by atoms with van der Waals surface area (Å²) in [6.45, 7) is 0. The van der Waals surface area contributed by atoms with Gasteiger partial charge in [-0.15, -0.1) is 13.2 Å². The van der Waals surface area contributed by atoms with Crippen molar-refractivity contribution in [3.8, 4) is 5.88 Å². The number of rotatable bonds is 4. The lowest BCUT2D eigenvalue weighted by Crippen LogP contribution is -2.21. The van der Waals surface area contributed by atoms with Crippen molar-refractivity contribution in [2.45, 2.75) is 12.8 Å². The van der Waals surface area contributed by atoms with Crippen LogP contribution in [0.2, 0.25) is 0 Å². The summed E-state index contributed by atoms with van der Waals surface area (Å²) in [6.07, 6.45) is -8.78. The highest BCUT2D eigenvalue weighted by Gasteiger charge is 2.39. The summed E-state index contributed by atoms with van der Waals surface area (Å²) in [5.41, 5.74) is -2.45. The Balaban J connectivity index is 3.55. The molecule has 0 radical (unpaired) electrons. The van der Waals surface area contributed by atoms with Crippen LogP contribution in [0.1, 0.15) is 22.3 Å². The van der Waals surface area contributed by atoms with Gasteiger partial charge in [0.15, 0.2) is 0 Å². The van der Waals surface area contributed by atoms with E-state index >= 15 is 0 Å². The predicted octanol–water partition coefficient (Wildman–Crippen LogP) is 2.61. The summed E-state index contributed by atoms with van der Waals surface area (Å²) in [5, 5.41) is 10.6. The topological polar surface area (TPSA) is 91.6 Å². The molecule has 0 unspecified atom stereocenters. The molecule has 0 saturated carbocycles. The SMILES string of the molecule is COC(=O)c1cc(C(F)F)c([N+](=O)[O-])nc1OC(F)(F)F. The monoisotopic (exact) mass is 316 g/mol. The fraction of sp³-hybridized carbons (Fsp3) is 0.333. The Labute approximate surface area is 112 Å². The number of nitrogens with zero attached hydrogens (tertiary/aromatic N) is 2. The largest absolute Gasteiger partial charge is 0.575 e. The maximum atomic E-state index is 12.6. The number of aromatic nitrogens is 1. The third-order valence-electron chi connectivity index (χ3n) is 2.02. The van der Waals surface area contributed by atoms with Gasteiger partial charge >= 0.3 is 24.0 Å². The second kappa shape index (κ2) is 5.85. The molecule has 0 aliphatic carbocycles. The van der Waals surface area contributed by atoms with Crippen LogP contribution >= 0.6 is 0 Å². The van der Waals surface area contributed by atoms with Crippen LogP contribution in [0, 0.1) is 10.1 Å². The van der Waals surface area contributed by atoms with Crippen LogP contribution in [0.4, 0.5) is 27.8 Å². The smallest absolute Gasteiger partial charge is 0.465 e. The standard InChI is InChI=1S/C9H5F5N2O5/c1-20-8(17)4-2-3(5(10)11)6(16(18)19)15-7(4)21-9(12,13)14/h2,5H,1H3. The van der Waals surface area contributed by atoms with Crippen molar-refractivity contribution in [1.82, 2.24) is 4.98 Å². The first kappa shape index (κ1) is 16.5. The molecule has 1 heterocycles. The summed E-state index contributed by atoms with van der Waals surface area (Å²) >= 11 is 0. The first-order valence-electron chi connectivity index (χ1n) is 4.88. The van der Waals surface area contributed by atoms with Gasteiger partial charge in [-0.1, -0.05) is 0 Å². The van der Waals surface area contributed by atoms with Crippen molar-refractivity contribution < 1.29 is 41.1 Å². The molecule has 116 valence electrons. The van der Waals surface area contributed by atoms with Gasteiger partial charge in [-0.2, -0.15) is 0 Å². The minimum Gasteiger partial charge on any atom is -0.465 e. The van der Waals surface area contributed by atoms with Gasteiger partial charge in [-0.25, -0.2) is 13.6 Å². The molecule has 0 bridgehead atoms. The van der Waals surface area contributed by atoms with Crippen molar-refractivity contribution in [3.05, 3.63) is 27.3 Å². The maximum Gasteiger partial charge on any atom is 0.575 e. The number of carbonyl (C=O) groups is 1. The highest BCUT2D eigenvalue weighted by molar-refractivity contribution is 5.92. The molecule has 7 nitrogen and oxygen atoms in total. The molecule has 0 N–H and O–H groups in total. The van der Waals surface area contributed by atoms with E-state index < -0.39 is 46.5 Å². The molecule has 0 saturated heterocycles. The quantitative estimate of drug-likeness (QED) is 0.367. The average molecular weight is 316 g/mol. The molecule has 21 heavy (non-hydrogen) atoms. The van der Waals surface area contributed by atoms with E-state index in [2.05, 4.69) is 14.5 Å². The fourth-order valence-electron chi connectivity index (χ4n) is 1.25. The lowest BCUT2D eigenvalue weighted by molar-refractivity contribution is -0.391. The normalized spacial score (nSPS) is 11.4. The Morgan fingerprint density at radius 3 is 2.38 bits per heavy atom. The number of esters is 1. The van der Waals surface area contributed by atoms with E-state index in [1.807, 2.05) is 0 Å². The molecule has 0 amide bonds. The lowest BCUT2D eigenvalue weighted by atomic mass is 10.2. The summed E-state index contributed by atoms with van der Waals surface area (Å²) in [7, 11) is 0.767. The Morgan fingerprint density at radius 2 is 2.00 bits per heavy atom. The summed E-state index contributed by atoms with van der Waals surface area (Å²) < 4.78 is 69.1. The number of ether oxygens (including phenoxy) is 2. The third-order valence-corrected chi connectivity index (χ3v) is 2.02. The van der Waals surface area contributed by atoms with Gasteiger partial charge in [-0.05, 0) is 11.0 Å². The van der Waals surface area contributed by atoms with Crippen molar-refractivity contribution in [3.63, 3.8) is 0 Å². The van der Waals surface area contributed by atoms with Crippen LogP contribution in [-0.4, -0.2) is 29.3 Å². The molecule has 1 rings (SSSR count). The molecule has 0 aliphatic rings. The van der Waals surface area contributed by atoms with Gasteiger partial charge in [0.2, 0.25) is 0 Å². The van der Waals surface area contributed by atoms with Crippen LogP contribution in [0.3, 0.4) is 0 Å². The van der Waals surface area contributed by atoms with Crippen LogP contribution in [0.15, 0.2) is 6.07 Å². The van der Waals surface area contributed by atoms with Crippen LogP contribution in [-0.2, 0) is 4.74 Å². The Kier molecular flexibility index (Phi) is 4.60. The molecule has 0 aliphatic heterocycles. The number of pyridine rings is 1. The molecule has 1 aromatic rings. The highest BCUT2D eigenvalue weighted by atomic mass is 19.4. The predicted molar refractivity (Wildman–Crippen MR) is 53.9 cm³/mol. The van der Waals surface area contributed by atoms with Crippen LogP contribution < -0.4 is 4.74 Å². The van der Waals surface area contributed by atoms with Gasteiger partial charge in [0, 0.05) is 4.98 Å². The van der Waals surface area contributed by atoms with E-state index in [1.54, 1.807) is 0 Å². The zero-order valence-electron chi connectivity index (χ0n) is 9.98. The number of nitro groups is 1. The number of carbonyl (C=O) groups excluding carboxylic acids is 1. The highest BCUT2D eigenvalue weighted by Crippen LogP contribution is 2.34. The van der Waals surface area contributed by atoms with Gasteiger partial charge in [-0.3, -0.25) is 0 Å². The fourth-order valence-corrected chi connectivity index (χ4v) is 1.25. The number of hydrogen-bond acceptors (Lipinski definition) is 6. The Bertz CT molecular complexity index is 574. The molecule has 1 aromatic heterocycles. The number of methoxy groups -OCH3 is 1. The lowest BCUT2D eigenvalue weighted by Gasteiger charge is -2.10. The van der Waals surface area contributed by atoms with Gasteiger partial charge in [0.25, 0.3) is 6.43 Å². The van der Waals surface area contributed by atoms with Crippen molar-refractivity contribution in [2.24, 2.45) is 0 Å².